The molecule has 10 heteroatoms. The number of aliphatic hydroxyl groups is 4. The van der Waals surface area contributed by atoms with Crippen molar-refractivity contribution in [3.8, 4) is 5.75 Å². The Morgan fingerprint density at radius 2 is 1.68 bits per heavy atom. The molecule has 0 spiro atoms. The molecule has 2 aromatic carbocycles. The molecule has 0 bridgehead atoms. The van der Waals surface area contributed by atoms with E-state index in [-0.39, 0.29) is 5.56 Å². The fraction of sp³-hybridized carbons (Fsp3) is 0.250. The van der Waals surface area contributed by atoms with E-state index in [1.54, 1.807) is 42.5 Å². The molecule has 0 saturated heterocycles. The number of fused-ring (bicyclic) bond motifs is 3. The Hall–Kier alpha value is -4.25. The highest BCUT2D eigenvalue weighted by atomic mass is 16.4. The van der Waals surface area contributed by atoms with Crippen molar-refractivity contribution in [3.63, 3.8) is 0 Å². The van der Waals surface area contributed by atoms with Gasteiger partial charge in [-0.2, -0.15) is 0 Å². The summed E-state index contributed by atoms with van der Waals surface area (Å²) in [6.07, 6.45) is -0.0379. The number of aromatic hydroxyl groups is 1. The molecule has 5 rings (SSSR count). The summed E-state index contributed by atoms with van der Waals surface area (Å²) in [5.41, 5.74) is 2.08. The van der Waals surface area contributed by atoms with Crippen molar-refractivity contribution in [2.45, 2.75) is 17.7 Å². The number of benzene rings is 2. The van der Waals surface area contributed by atoms with Gasteiger partial charge in [-0.25, -0.2) is 0 Å². The molecule has 1 amide bonds. The number of phenols is 1. The topological polar surface area (TPSA) is 182 Å². The second-order valence-corrected chi connectivity index (χ2v) is 9.92. The van der Waals surface area contributed by atoms with Gasteiger partial charge >= 0.3 is 0 Å². The number of carbonyl (C=O) groups excluding carboxylic acids is 3. The van der Waals surface area contributed by atoms with E-state index in [1.807, 2.05) is 0 Å². The van der Waals surface area contributed by atoms with Crippen LogP contribution in [0.1, 0.15) is 21.5 Å². The number of hydrogen-bond donors (Lipinski definition) is 6. The van der Waals surface area contributed by atoms with Crippen LogP contribution in [-0.2, 0) is 9.59 Å². The summed E-state index contributed by atoms with van der Waals surface area (Å²) >= 11 is 0. The lowest BCUT2D eigenvalue weighted by atomic mass is 9.56. The SMILES string of the molecule is CN(C)[C@@H]1C(O)=C(C(N)=O)C(=O)[C@@]2(O)C(O)=C3C(=O)c4c(O)cccc4/C(=C\c4ccccc4)[C@H]3[C@H](O)[C@@H]12. The van der Waals surface area contributed by atoms with Crippen LogP contribution in [0.2, 0.25) is 0 Å². The first-order chi connectivity index (χ1) is 17.9. The predicted octanol–water partition coefficient (Wildman–Crippen LogP) is 1.09. The zero-order valence-corrected chi connectivity index (χ0v) is 20.5. The fourth-order valence-electron chi connectivity index (χ4n) is 6.04. The smallest absolute Gasteiger partial charge is 0.255 e. The maximum absolute atomic E-state index is 13.7. The number of likely N-dealkylation sites (N-methyl/N-ethyl adjacent to an activating group) is 1. The summed E-state index contributed by atoms with van der Waals surface area (Å²) in [6, 6.07) is 12.0. The van der Waals surface area contributed by atoms with Crippen LogP contribution in [0.5, 0.6) is 5.75 Å². The summed E-state index contributed by atoms with van der Waals surface area (Å²) in [7, 11) is 2.97. The summed E-state index contributed by atoms with van der Waals surface area (Å²) in [5, 5.41) is 56.6. The molecule has 0 saturated carbocycles. The Bertz CT molecular complexity index is 1490. The third-order valence-electron chi connectivity index (χ3n) is 7.65. The zero-order chi connectivity index (χ0) is 27.7. The Kier molecular flexibility index (Phi) is 5.79. The lowest BCUT2D eigenvalue weighted by Crippen LogP contribution is -2.68. The fourth-order valence-corrected chi connectivity index (χ4v) is 6.04. The van der Waals surface area contributed by atoms with Crippen molar-refractivity contribution in [2.24, 2.45) is 17.6 Å². The number of rotatable bonds is 3. The maximum atomic E-state index is 13.7. The predicted molar refractivity (Wildman–Crippen MR) is 136 cm³/mol. The lowest BCUT2D eigenvalue weighted by Gasteiger charge is -2.52. The summed E-state index contributed by atoms with van der Waals surface area (Å²) in [5.74, 6) is -8.77. The molecule has 196 valence electrons. The van der Waals surface area contributed by atoms with E-state index >= 15 is 0 Å². The van der Waals surface area contributed by atoms with Crippen molar-refractivity contribution >= 4 is 29.1 Å². The summed E-state index contributed by atoms with van der Waals surface area (Å²) < 4.78 is 0. The number of Topliss-reactive ketones (excluding diaryl/α,β-unsaturated/α-hetero) is 2. The highest BCUT2D eigenvalue weighted by Gasteiger charge is 2.67. The van der Waals surface area contributed by atoms with E-state index in [1.165, 1.54) is 31.1 Å². The van der Waals surface area contributed by atoms with Gasteiger partial charge in [0.1, 0.15) is 22.8 Å². The van der Waals surface area contributed by atoms with Crippen molar-refractivity contribution in [2.75, 3.05) is 14.1 Å². The molecule has 5 atom stereocenters. The first-order valence-electron chi connectivity index (χ1n) is 11.8. The van der Waals surface area contributed by atoms with Gasteiger partial charge in [0.25, 0.3) is 5.91 Å². The number of phenolic OH excluding ortho intramolecular Hbond substituents is 1. The summed E-state index contributed by atoms with van der Waals surface area (Å²) in [6.45, 7) is 0. The molecule has 38 heavy (non-hydrogen) atoms. The monoisotopic (exact) mass is 518 g/mol. The minimum Gasteiger partial charge on any atom is -0.510 e. The van der Waals surface area contributed by atoms with Gasteiger partial charge in [0, 0.05) is 5.92 Å². The normalized spacial score (nSPS) is 29.9. The number of aliphatic hydroxyl groups excluding tert-OH is 3. The maximum Gasteiger partial charge on any atom is 0.255 e. The van der Waals surface area contributed by atoms with E-state index in [9.17, 15) is 39.9 Å². The van der Waals surface area contributed by atoms with Gasteiger partial charge in [0.05, 0.1) is 29.2 Å². The standard InChI is InChI=1S/C28H26N2O8/c1-30(2)21-20-23(33)17-14(11-12-7-4-3-5-8-12)13-9-6-10-15(31)16(13)22(32)18(17)25(35)28(20,38)26(36)19(24(21)34)27(29)37/h3-11,17,20-21,23,31,33-35,38H,1-2H3,(H2,29,37)/b14-11+/t17-,20-,21+,23+,28+/m1/s1. The third kappa shape index (κ3) is 3.27. The van der Waals surface area contributed by atoms with Crippen LogP contribution in [0.15, 0.2) is 71.2 Å². The molecular weight excluding hydrogens is 492 g/mol. The van der Waals surface area contributed by atoms with Gasteiger partial charge in [0.15, 0.2) is 11.4 Å². The van der Waals surface area contributed by atoms with Crippen LogP contribution >= 0.6 is 0 Å². The molecule has 0 fully saturated rings. The largest absolute Gasteiger partial charge is 0.510 e. The van der Waals surface area contributed by atoms with E-state index < -0.39 is 75.5 Å². The van der Waals surface area contributed by atoms with Crippen LogP contribution in [0, 0.1) is 11.8 Å². The van der Waals surface area contributed by atoms with E-state index in [0.29, 0.717) is 16.7 Å². The highest BCUT2D eigenvalue weighted by molar-refractivity contribution is 6.25. The number of ketones is 2. The van der Waals surface area contributed by atoms with Crippen LogP contribution in [0.3, 0.4) is 0 Å². The molecule has 10 nitrogen and oxygen atoms in total. The number of hydrogen-bond acceptors (Lipinski definition) is 9. The van der Waals surface area contributed by atoms with Crippen LogP contribution in [0.25, 0.3) is 11.6 Å². The van der Waals surface area contributed by atoms with Crippen molar-refractivity contribution in [1.29, 1.82) is 0 Å². The Morgan fingerprint density at radius 1 is 1.03 bits per heavy atom. The molecule has 7 N–H and O–H groups in total. The van der Waals surface area contributed by atoms with E-state index in [2.05, 4.69) is 0 Å². The number of amides is 1. The quantitative estimate of drug-likeness (QED) is 0.324. The molecule has 0 radical (unpaired) electrons. The minimum atomic E-state index is -2.97. The minimum absolute atomic E-state index is 0.178. The van der Waals surface area contributed by atoms with E-state index in [0.717, 1.165) is 0 Å². The van der Waals surface area contributed by atoms with Crippen molar-refractivity contribution < 1.29 is 39.9 Å². The number of nitrogens with zero attached hydrogens (tertiary/aromatic N) is 1. The van der Waals surface area contributed by atoms with Gasteiger partial charge in [-0.05, 0) is 36.9 Å². The first kappa shape index (κ1) is 25.4. The molecule has 0 unspecified atom stereocenters. The molecule has 2 aromatic rings. The zero-order valence-electron chi connectivity index (χ0n) is 20.5. The van der Waals surface area contributed by atoms with Gasteiger partial charge in [-0.1, -0.05) is 48.5 Å². The van der Waals surface area contributed by atoms with Gasteiger partial charge in [-0.15, -0.1) is 0 Å². The van der Waals surface area contributed by atoms with E-state index in [4.69, 9.17) is 5.73 Å². The Balaban J connectivity index is 1.87. The second kappa shape index (κ2) is 8.66. The van der Waals surface area contributed by atoms with Crippen molar-refractivity contribution in [3.05, 3.63) is 87.9 Å². The number of carbonyl (C=O) groups is 3. The van der Waals surface area contributed by atoms with Crippen LogP contribution in [-0.4, -0.2) is 79.7 Å². The Labute approximate surface area is 217 Å². The third-order valence-corrected chi connectivity index (χ3v) is 7.65. The van der Waals surface area contributed by atoms with Gasteiger partial charge < -0.3 is 31.3 Å². The highest BCUT2D eigenvalue weighted by Crippen LogP contribution is 2.55. The molecular formula is C28H26N2O8. The number of nitrogens with two attached hydrogens (primary N) is 1. The first-order valence-corrected chi connectivity index (χ1v) is 11.8. The molecule has 0 heterocycles. The van der Waals surface area contributed by atoms with Crippen LogP contribution in [0.4, 0.5) is 0 Å². The van der Waals surface area contributed by atoms with Gasteiger partial charge in [0.2, 0.25) is 5.78 Å². The Morgan fingerprint density at radius 3 is 2.29 bits per heavy atom. The van der Waals surface area contributed by atoms with Crippen molar-refractivity contribution in [1.82, 2.24) is 4.90 Å². The number of primary amides is 1. The molecule has 0 aliphatic heterocycles. The summed E-state index contributed by atoms with van der Waals surface area (Å²) in [4.78, 5) is 40.7. The second-order valence-electron chi connectivity index (χ2n) is 9.92. The van der Waals surface area contributed by atoms with Gasteiger partial charge in [-0.3, -0.25) is 19.3 Å². The molecule has 0 aromatic heterocycles. The average molecular weight is 519 g/mol. The molecule has 3 aliphatic rings. The molecule has 3 aliphatic carbocycles. The lowest BCUT2D eigenvalue weighted by molar-refractivity contribution is -0.159. The average Bonchev–Trinajstić information content (AvgIpc) is 2.86. The van der Waals surface area contributed by atoms with Crippen LogP contribution < -0.4 is 5.73 Å².